The number of nitrogens with zero attached hydrogens (tertiary/aromatic N) is 1. The van der Waals surface area contributed by atoms with Crippen molar-refractivity contribution in [3.8, 4) is 5.75 Å². The molecule has 1 heterocycles. The summed E-state index contributed by atoms with van der Waals surface area (Å²) in [5.41, 5.74) is 0.562. The number of halogens is 2. The van der Waals surface area contributed by atoms with Crippen molar-refractivity contribution >= 4 is 44.8 Å². The van der Waals surface area contributed by atoms with Crippen LogP contribution in [-0.2, 0) is 0 Å². The minimum Gasteiger partial charge on any atom is -0.506 e. The Bertz CT molecular complexity index is 401. The van der Waals surface area contributed by atoms with Crippen molar-refractivity contribution in [1.82, 2.24) is 4.98 Å². The Kier molecular flexibility index (Phi) is 1.87. The topological polar surface area (TPSA) is 33.1 Å². The van der Waals surface area contributed by atoms with Crippen molar-refractivity contribution in [2.45, 2.75) is 0 Å². The molecule has 5 heteroatoms. The number of aromatic nitrogens is 1. The number of aromatic hydroxyl groups is 1. The zero-order chi connectivity index (χ0) is 8.72. The van der Waals surface area contributed by atoms with Crippen LogP contribution in [0.1, 0.15) is 0 Å². The van der Waals surface area contributed by atoms with Crippen LogP contribution in [-0.4, -0.2) is 10.1 Å². The number of hydrogen-bond donors (Lipinski definition) is 1. The lowest BCUT2D eigenvalue weighted by atomic mass is 10.3. The van der Waals surface area contributed by atoms with Crippen LogP contribution in [0.25, 0.3) is 10.2 Å². The van der Waals surface area contributed by atoms with Gasteiger partial charge in [0.1, 0.15) is 11.3 Å². The highest BCUT2D eigenvalue weighted by Gasteiger charge is 2.08. The largest absolute Gasteiger partial charge is 0.506 e. The highest BCUT2D eigenvalue weighted by molar-refractivity contribution is 7.22. The number of fused-ring (bicyclic) bond motifs is 1. The Labute approximate surface area is 82.4 Å². The van der Waals surface area contributed by atoms with Gasteiger partial charge in [0.25, 0.3) is 0 Å². The lowest BCUT2D eigenvalue weighted by molar-refractivity contribution is 0.482. The Hall–Kier alpha value is -0.510. The van der Waals surface area contributed by atoms with E-state index in [0.717, 1.165) is 0 Å². The van der Waals surface area contributed by atoms with Crippen LogP contribution in [0.3, 0.4) is 0 Å². The Morgan fingerprint density at radius 2 is 2.08 bits per heavy atom. The average Bonchev–Trinajstić information content (AvgIpc) is 2.41. The molecule has 0 spiro atoms. The van der Waals surface area contributed by atoms with Crippen LogP contribution in [0.4, 0.5) is 0 Å². The molecule has 1 aromatic heterocycles. The maximum atomic E-state index is 9.36. The second-order valence-corrected chi connectivity index (χ2v) is 4.20. The number of rotatable bonds is 0. The van der Waals surface area contributed by atoms with Gasteiger partial charge < -0.3 is 5.11 Å². The molecule has 0 bridgehead atoms. The maximum absolute atomic E-state index is 9.36. The fourth-order valence-electron chi connectivity index (χ4n) is 0.936. The third-order valence-corrected chi connectivity index (χ3v) is 2.93. The molecule has 0 aliphatic heterocycles. The summed E-state index contributed by atoms with van der Waals surface area (Å²) in [5, 5.41) is 9.87. The van der Waals surface area contributed by atoms with Crippen LogP contribution in [0, 0.1) is 0 Å². The van der Waals surface area contributed by atoms with E-state index in [1.807, 2.05) is 0 Å². The average molecular weight is 220 g/mol. The second kappa shape index (κ2) is 2.76. The summed E-state index contributed by atoms with van der Waals surface area (Å²) in [4.78, 5) is 3.97. The molecule has 0 saturated heterocycles. The van der Waals surface area contributed by atoms with Crippen LogP contribution in [0.2, 0.25) is 9.49 Å². The van der Waals surface area contributed by atoms with Gasteiger partial charge in [0.2, 0.25) is 0 Å². The van der Waals surface area contributed by atoms with Gasteiger partial charge >= 0.3 is 0 Å². The van der Waals surface area contributed by atoms with Crippen molar-refractivity contribution < 1.29 is 5.11 Å². The Balaban J connectivity index is 2.93. The molecule has 1 N–H and O–H groups in total. The molecule has 0 saturated carbocycles. The van der Waals surface area contributed by atoms with E-state index in [1.54, 1.807) is 6.07 Å². The molecule has 62 valence electrons. The third-order valence-electron chi connectivity index (χ3n) is 1.45. The summed E-state index contributed by atoms with van der Waals surface area (Å²) < 4.78 is 1.01. The first-order valence-corrected chi connectivity index (χ1v) is 4.69. The van der Waals surface area contributed by atoms with Crippen molar-refractivity contribution in [3.63, 3.8) is 0 Å². The number of phenolic OH excluding ortho intramolecular Hbond substituents is 1. The number of benzene rings is 1. The molecule has 0 fully saturated rings. The van der Waals surface area contributed by atoms with Gasteiger partial charge in [-0.1, -0.05) is 34.5 Å². The van der Waals surface area contributed by atoms with E-state index in [1.165, 1.54) is 17.4 Å². The normalized spacial score (nSPS) is 10.8. The molecule has 0 radical (unpaired) electrons. The van der Waals surface area contributed by atoms with E-state index in [2.05, 4.69) is 4.98 Å². The molecule has 0 unspecified atom stereocenters. The number of phenols is 1. The van der Waals surface area contributed by atoms with Crippen molar-refractivity contribution in [1.29, 1.82) is 0 Å². The van der Waals surface area contributed by atoms with E-state index in [9.17, 15) is 5.11 Å². The predicted molar refractivity (Wildman–Crippen MR) is 51.3 cm³/mol. The smallest absolute Gasteiger partial charge is 0.184 e. The van der Waals surface area contributed by atoms with Crippen LogP contribution >= 0.6 is 34.5 Å². The van der Waals surface area contributed by atoms with Crippen LogP contribution < -0.4 is 0 Å². The first-order chi connectivity index (χ1) is 5.68. The standard InChI is InChI=1S/C7H3Cl2NOS/c8-3-1-2-4(11)6-5(3)10-7(9)12-6/h1-2,11H. The summed E-state index contributed by atoms with van der Waals surface area (Å²) in [6.07, 6.45) is 0. The molecule has 2 aromatic rings. The Morgan fingerprint density at radius 1 is 1.33 bits per heavy atom. The lowest BCUT2D eigenvalue weighted by Crippen LogP contribution is -1.70. The van der Waals surface area contributed by atoms with Crippen molar-refractivity contribution in [3.05, 3.63) is 21.6 Å². The van der Waals surface area contributed by atoms with Gasteiger partial charge in [0.15, 0.2) is 4.47 Å². The molecule has 2 rings (SSSR count). The number of hydrogen-bond acceptors (Lipinski definition) is 3. The van der Waals surface area contributed by atoms with E-state index in [0.29, 0.717) is 19.7 Å². The molecule has 12 heavy (non-hydrogen) atoms. The monoisotopic (exact) mass is 219 g/mol. The van der Waals surface area contributed by atoms with Gasteiger partial charge in [-0.15, -0.1) is 0 Å². The predicted octanol–water partition coefficient (Wildman–Crippen LogP) is 3.31. The third kappa shape index (κ3) is 1.14. The molecule has 1 aromatic carbocycles. The van der Waals surface area contributed by atoms with Crippen molar-refractivity contribution in [2.75, 3.05) is 0 Å². The summed E-state index contributed by atoms with van der Waals surface area (Å²) in [6, 6.07) is 3.12. The van der Waals surface area contributed by atoms with Gasteiger partial charge in [0.05, 0.1) is 9.72 Å². The molecular weight excluding hydrogens is 217 g/mol. The SMILES string of the molecule is Oc1ccc(Cl)c2nc(Cl)sc12. The van der Waals surface area contributed by atoms with Gasteiger partial charge in [-0.2, -0.15) is 0 Å². The zero-order valence-corrected chi connectivity index (χ0v) is 8.04. The Morgan fingerprint density at radius 3 is 2.75 bits per heavy atom. The first-order valence-electron chi connectivity index (χ1n) is 3.12. The fourth-order valence-corrected chi connectivity index (χ4v) is 2.24. The van der Waals surface area contributed by atoms with E-state index in [-0.39, 0.29) is 5.75 Å². The number of thiazole rings is 1. The van der Waals surface area contributed by atoms with Crippen LogP contribution in [0.15, 0.2) is 12.1 Å². The second-order valence-electron chi connectivity index (χ2n) is 2.21. The molecular formula is C7H3Cl2NOS. The minimum absolute atomic E-state index is 0.166. The molecule has 0 atom stereocenters. The summed E-state index contributed by atoms with van der Waals surface area (Å²) in [6.45, 7) is 0. The van der Waals surface area contributed by atoms with Crippen molar-refractivity contribution in [2.24, 2.45) is 0 Å². The van der Waals surface area contributed by atoms with Crippen LogP contribution in [0.5, 0.6) is 5.75 Å². The molecule has 0 aliphatic carbocycles. The fraction of sp³-hybridized carbons (Fsp3) is 0. The first kappa shape index (κ1) is 8.10. The minimum atomic E-state index is 0.166. The molecule has 2 nitrogen and oxygen atoms in total. The zero-order valence-electron chi connectivity index (χ0n) is 5.71. The van der Waals surface area contributed by atoms with E-state index >= 15 is 0 Å². The van der Waals surface area contributed by atoms with Gasteiger partial charge in [-0.25, -0.2) is 4.98 Å². The molecule has 0 aliphatic rings. The maximum Gasteiger partial charge on any atom is 0.184 e. The lowest BCUT2D eigenvalue weighted by Gasteiger charge is -1.93. The quantitative estimate of drug-likeness (QED) is 0.738. The van der Waals surface area contributed by atoms with Gasteiger partial charge in [0, 0.05) is 0 Å². The summed E-state index contributed by atoms with van der Waals surface area (Å²) >= 11 is 12.7. The summed E-state index contributed by atoms with van der Waals surface area (Å²) in [5.74, 6) is 0.166. The highest BCUT2D eigenvalue weighted by atomic mass is 35.5. The van der Waals surface area contributed by atoms with Gasteiger partial charge in [-0.05, 0) is 12.1 Å². The summed E-state index contributed by atoms with van der Waals surface area (Å²) in [7, 11) is 0. The van der Waals surface area contributed by atoms with Gasteiger partial charge in [-0.3, -0.25) is 0 Å². The van der Waals surface area contributed by atoms with E-state index < -0.39 is 0 Å². The highest BCUT2D eigenvalue weighted by Crippen LogP contribution is 2.36. The molecule has 0 amide bonds. The van der Waals surface area contributed by atoms with E-state index in [4.69, 9.17) is 23.2 Å².